The molecule has 1 aromatic heterocycles. The van der Waals surface area contributed by atoms with Gasteiger partial charge in [-0.3, -0.25) is 0 Å². The van der Waals surface area contributed by atoms with Crippen molar-refractivity contribution in [2.45, 2.75) is 26.3 Å². The maximum absolute atomic E-state index is 11.5. The second kappa shape index (κ2) is 5.09. The van der Waals surface area contributed by atoms with Gasteiger partial charge in [0.1, 0.15) is 6.33 Å². The predicted molar refractivity (Wildman–Crippen MR) is 53.7 cm³/mol. The Balaban J connectivity index is 2.76. The average molecular weight is 262 g/mol. The molecule has 0 amide bonds. The van der Waals surface area contributed by atoms with Crippen LogP contribution in [-0.2, 0) is 9.53 Å². The van der Waals surface area contributed by atoms with Crippen LogP contribution in [0, 0.1) is 0 Å². The van der Waals surface area contributed by atoms with Crippen LogP contribution in [0.3, 0.4) is 0 Å². The number of hydrogen-bond acceptors (Lipinski definition) is 4. The number of carbonyl (C=O) groups excluding carboxylic acids is 1. The molecule has 0 aliphatic carbocycles. The highest BCUT2D eigenvalue weighted by Gasteiger charge is 2.20. The summed E-state index contributed by atoms with van der Waals surface area (Å²) in [6, 6.07) is -0.381. The Bertz CT molecular complexity index is 313. The van der Waals surface area contributed by atoms with E-state index in [0.717, 1.165) is 0 Å². The molecule has 6 heteroatoms. The molecule has 78 valence electrons. The Kier molecular flexibility index (Phi) is 4.06. The number of hydrogen-bond donors (Lipinski definition) is 0. The maximum atomic E-state index is 11.5. The second-order valence-corrected chi connectivity index (χ2v) is 3.38. The molecule has 0 spiro atoms. The van der Waals surface area contributed by atoms with Gasteiger partial charge in [-0.15, -0.1) is 5.10 Å². The fourth-order valence-electron chi connectivity index (χ4n) is 1.10. The van der Waals surface area contributed by atoms with Crippen LogP contribution in [0.4, 0.5) is 0 Å². The van der Waals surface area contributed by atoms with Gasteiger partial charge in [0.05, 0.1) is 6.61 Å². The molecular formula is C8H12BrN3O2. The Labute approximate surface area is 90.6 Å². The maximum Gasteiger partial charge on any atom is 0.330 e. The lowest BCUT2D eigenvalue weighted by atomic mass is 10.2. The minimum Gasteiger partial charge on any atom is -0.464 e. The second-order valence-electron chi connectivity index (χ2n) is 2.67. The molecule has 0 saturated heterocycles. The van der Waals surface area contributed by atoms with Gasteiger partial charge in [-0.25, -0.2) is 14.5 Å². The number of ether oxygens (including phenoxy) is 1. The molecule has 0 aliphatic rings. The summed E-state index contributed by atoms with van der Waals surface area (Å²) in [5.74, 6) is -0.271. The van der Waals surface area contributed by atoms with Crippen molar-refractivity contribution < 1.29 is 9.53 Å². The molecule has 0 unspecified atom stereocenters. The lowest BCUT2D eigenvalue weighted by molar-refractivity contribution is -0.147. The van der Waals surface area contributed by atoms with Gasteiger partial charge in [-0.2, -0.15) is 0 Å². The van der Waals surface area contributed by atoms with Gasteiger partial charge >= 0.3 is 5.97 Å². The quantitative estimate of drug-likeness (QED) is 0.772. The molecule has 0 aromatic carbocycles. The summed E-state index contributed by atoms with van der Waals surface area (Å²) < 4.78 is 6.89. The summed E-state index contributed by atoms with van der Waals surface area (Å²) in [7, 11) is 0. The van der Waals surface area contributed by atoms with E-state index in [2.05, 4.69) is 26.0 Å². The van der Waals surface area contributed by atoms with Gasteiger partial charge in [0.2, 0.25) is 4.73 Å². The lowest BCUT2D eigenvalue weighted by Gasteiger charge is -2.12. The third kappa shape index (κ3) is 2.54. The number of rotatable bonds is 4. The molecule has 0 aliphatic heterocycles. The lowest BCUT2D eigenvalue weighted by Crippen LogP contribution is -2.21. The number of nitrogens with zero attached hydrogens (tertiary/aromatic N) is 3. The van der Waals surface area contributed by atoms with Crippen LogP contribution >= 0.6 is 15.9 Å². The van der Waals surface area contributed by atoms with Crippen molar-refractivity contribution >= 4 is 21.9 Å². The van der Waals surface area contributed by atoms with Gasteiger partial charge in [0, 0.05) is 0 Å². The summed E-state index contributed by atoms with van der Waals surface area (Å²) in [6.45, 7) is 4.06. The molecular weight excluding hydrogens is 250 g/mol. The fourth-order valence-corrected chi connectivity index (χ4v) is 1.38. The number of esters is 1. The summed E-state index contributed by atoms with van der Waals surface area (Å²) in [5, 5.41) is 4.01. The SMILES string of the molecule is CCOC(=O)[C@H](CC)n1cnc(Br)n1. The van der Waals surface area contributed by atoms with E-state index in [1.54, 1.807) is 6.92 Å². The van der Waals surface area contributed by atoms with Gasteiger partial charge in [0.15, 0.2) is 6.04 Å². The first-order valence-corrected chi connectivity index (χ1v) is 5.21. The van der Waals surface area contributed by atoms with Crippen LogP contribution in [0.15, 0.2) is 11.1 Å². The first kappa shape index (κ1) is 11.2. The van der Waals surface area contributed by atoms with Crippen LogP contribution < -0.4 is 0 Å². The Morgan fingerprint density at radius 1 is 1.71 bits per heavy atom. The third-order valence-electron chi connectivity index (χ3n) is 1.75. The summed E-state index contributed by atoms with van der Waals surface area (Å²) >= 11 is 3.12. The zero-order valence-electron chi connectivity index (χ0n) is 8.11. The van der Waals surface area contributed by atoms with Crippen molar-refractivity contribution in [2.24, 2.45) is 0 Å². The van der Waals surface area contributed by atoms with E-state index in [4.69, 9.17) is 4.74 Å². The molecule has 1 atom stereocenters. The molecule has 1 rings (SSSR count). The summed E-state index contributed by atoms with van der Waals surface area (Å²) in [6.07, 6.45) is 2.14. The average Bonchev–Trinajstić information content (AvgIpc) is 2.54. The molecule has 0 N–H and O–H groups in total. The Morgan fingerprint density at radius 3 is 2.86 bits per heavy atom. The van der Waals surface area contributed by atoms with Crippen molar-refractivity contribution in [3.63, 3.8) is 0 Å². The van der Waals surface area contributed by atoms with Crippen LogP contribution in [0.1, 0.15) is 26.3 Å². The van der Waals surface area contributed by atoms with Gasteiger partial charge in [-0.1, -0.05) is 6.92 Å². The van der Waals surface area contributed by atoms with Crippen molar-refractivity contribution in [2.75, 3.05) is 6.61 Å². The van der Waals surface area contributed by atoms with Crippen molar-refractivity contribution in [1.82, 2.24) is 14.8 Å². The number of aromatic nitrogens is 3. The smallest absolute Gasteiger partial charge is 0.330 e. The van der Waals surface area contributed by atoms with Crippen LogP contribution in [0.2, 0.25) is 0 Å². The Hall–Kier alpha value is -0.910. The van der Waals surface area contributed by atoms with E-state index >= 15 is 0 Å². The third-order valence-corrected chi connectivity index (χ3v) is 2.11. The van der Waals surface area contributed by atoms with E-state index in [9.17, 15) is 4.79 Å². The van der Waals surface area contributed by atoms with E-state index in [1.807, 2.05) is 6.92 Å². The van der Waals surface area contributed by atoms with E-state index in [0.29, 0.717) is 17.8 Å². The zero-order chi connectivity index (χ0) is 10.6. The molecule has 0 bridgehead atoms. The van der Waals surface area contributed by atoms with Crippen molar-refractivity contribution in [3.8, 4) is 0 Å². The predicted octanol–water partition coefficient (Wildman–Crippen LogP) is 1.55. The van der Waals surface area contributed by atoms with Crippen molar-refractivity contribution in [3.05, 3.63) is 11.1 Å². The van der Waals surface area contributed by atoms with Crippen LogP contribution in [-0.4, -0.2) is 27.3 Å². The normalized spacial score (nSPS) is 12.5. The summed E-state index contributed by atoms with van der Waals surface area (Å²) in [5.41, 5.74) is 0. The molecule has 0 fully saturated rings. The van der Waals surface area contributed by atoms with E-state index in [1.165, 1.54) is 11.0 Å². The van der Waals surface area contributed by atoms with E-state index in [-0.39, 0.29) is 12.0 Å². The molecule has 0 saturated carbocycles. The molecule has 14 heavy (non-hydrogen) atoms. The highest BCUT2D eigenvalue weighted by molar-refractivity contribution is 9.10. The first-order valence-electron chi connectivity index (χ1n) is 4.42. The van der Waals surface area contributed by atoms with Gasteiger partial charge < -0.3 is 4.74 Å². The summed E-state index contributed by atoms with van der Waals surface area (Å²) in [4.78, 5) is 15.3. The molecule has 0 radical (unpaired) electrons. The van der Waals surface area contributed by atoms with Gasteiger partial charge in [-0.05, 0) is 29.3 Å². The Morgan fingerprint density at radius 2 is 2.43 bits per heavy atom. The number of halogens is 1. The van der Waals surface area contributed by atoms with E-state index < -0.39 is 0 Å². The largest absolute Gasteiger partial charge is 0.464 e. The van der Waals surface area contributed by atoms with Crippen molar-refractivity contribution in [1.29, 1.82) is 0 Å². The molecule has 5 nitrogen and oxygen atoms in total. The fraction of sp³-hybridized carbons (Fsp3) is 0.625. The minimum atomic E-state index is -0.381. The first-order chi connectivity index (χ1) is 6.69. The zero-order valence-corrected chi connectivity index (χ0v) is 9.69. The monoisotopic (exact) mass is 261 g/mol. The van der Waals surface area contributed by atoms with Crippen LogP contribution in [0.25, 0.3) is 0 Å². The topological polar surface area (TPSA) is 57.0 Å². The molecule has 1 aromatic rings. The van der Waals surface area contributed by atoms with Crippen LogP contribution in [0.5, 0.6) is 0 Å². The molecule has 1 heterocycles. The van der Waals surface area contributed by atoms with Gasteiger partial charge in [0.25, 0.3) is 0 Å². The highest BCUT2D eigenvalue weighted by atomic mass is 79.9. The standard InChI is InChI=1S/C8H12BrN3O2/c1-3-6(7(13)14-4-2)12-5-10-8(9)11-12/h5-6H,3-4H2,1-2H3/t6-/m0/s1. The minimum absolute atomic E-state index is 0.271. The number of carbonyl (C=O) groups is 1. The highest BCUT2D eigenvalue weighted by Crippen LogP contribution is 2.13.